The van der Waals surface area contributed by atoms with Crippen LogP contribution >= 0.6 is 11.6 Å². The molecule has 0 radical (unpaired) electrons. The van der Waals surface area contributed by atoms with E-state index in [-0.39, 0.29) is 55.4 Å². The molecule has 3 aromatic rings. The van der Waals surface area contributed by atoms with Crippen LogP contribution in [0, 0.1) is 0 Å². The highest BCUT2D eigenvalue weighted by Gasteiger charge is 2.39. The maximum absolute atomic E-state index is 13.5. The Morgan fingerprint density at radius 3 is 2.52 bits per heavy atom. The Labute approximate surface area is 238 Å². The maximum atomic E-state index is 13.5. The predicted octanol–water partition coefficient (Wildman–Crippen LogP) is 4.61. The van der Waals surface area contributed by atoms with Gasteiger partial charge in [-0.25, -0.2) is 0 Å². The molecule has 9 heteroatoms. The van der Waals surface area contributed by atoms with Crippen molar-refractivity contribution in [3.05, 3.63) is 94.5 Å². The summed E-state index contributed by atoms with van der Waals surface area (Å²) in [6.45, 7) is 0.665. The number of carbonyl (C=O) groups is 3. The van der Waals surface area contributed by atoms with Crippen LogP contribution in [0.3, 0.4) is 0 Å². The lowest BCUT2D eigenvalue weighted by molar-refractivity contribution is -0.134. The number of hydrogen-bond acceptors (Lipinski definition) is 5. The Morgan fingerprint density at radius 2 is 1.75 bits per heavy atom. The van der Waals surface area contributed by atoms with Gasteiger partial charge >= 0.3 is 0 Å². The summed E-state index contributed by atoms with van der Waals surface area (Å²) in [4.78, 5) is 40.3. The van der Waals surface area contributed by atoms with Crippen LogP contribution in [-0.2, 0) is 27.3 Å². The molecular formula is C31H32ClN3O5. The number of nitrogens with zero attached hydrogens (tertiary/aromatic N) is 1. The zero-order valence-electron chi connectivity index (χ0n) is 22.3. The van der Waals surface area contributed by atoms with Gasteiger partial charge in [0, 0.05) is 24.3 Å². The Kier molecular flexibility index (Phi) is 8.67. The molecule has 3 aromatic carbocycles. The monoisotopic (exact) mass is 561 g/mol. The van der Waals surface area contributed by atoms with Gasteiger partial charge < -0.3 is 25.0 Å². The Hall–Kier alpha value is -3.88. The summed E-state index contributed by atoms with van der Waals surface area (Å²) < 4.78 is 12.3. The van der Waals surface area contributed by atoms with Gasteiger partial charge in [-0.15, -0.1) is 0 Å². The fraction of sp³-hybridized carbons (Fsp3) is 0.323. The summed E-state index contributed by atoms with van der Waals surface area (Å²) in [6, 6.07) is 21.7. The number of fused-ring (bicyclic) bond motifs is 2. The van der Waals surface area contributed by atoms with Crippen molar-refractivity contribution >= 4 is 35.0 Å². The molecule has 2 aliphatic rings. The van der Waals surface area contributed by atoms with Crippen molar-refractivity contribution in [1.82, 2.24) is 10.2 Å². The summed E-state index contributed by atoms with van der Waals surface area (Å²) in [5.41, 5.74) is 2.80. The number of likely N-dealkylation sites (N-methyl/N-ethyl adjacent to an activating group) is 1. The summed E-state index contributed by atoms with van der Waals surface area (Å²) in [5, 5.41) is 6.47. The lowest BCUT2D eigenvalue weighted by atomic mass is 9.94. The molecule has 1 fully saturated rings. The lowest BCUT2D eigenvalue weighted by Gasteiger charge is -2.42. The van der Waals surface area contributed by atoms with Crippen molar-refractivity contribution in [2.24, 2.45) is 0 Å². The summed E-state index contributed by atoms with van der Waals surface area (Å²) >= 11 is 5.92. The van der Waals surface area contributed by atoms with Gasteiger partial charge in [0.1, 0.15) is 18.5 Å². The van der Waals surface area contributed by atoms with E-state index in [0.29, 0.717) is 41.4 Å². The normalized spacial score (nSPS) is 20.3. The first kappa shape index (κ1) is 27.7. The standard InChI is InChI=1S/C31H32ClN3O5/c1-35-26-13-12-24(17-29(36)33-18-21-7-9-22(32)10-8-21)40-28(26)19-39-27-14-11-23(16-25(27)31(35)38)34-30(37)15-20-5-3-2-4-6-20/h2-11,14,16,24,26,28H,12-13,15,17-19H2,1H3,(H,33,36)(H,34,37)/t24-,26-,28+/m0/s1. The molecule has 208 valence electrons. The molecule has 8 nitrogen and oxygen atoms in total. The fourth-order valence-electron chi connectivity index (χ4n) is 5.17. The van der Waals surface area contributed by atoms with E-state index >= 15 is 0 Å². The van der Waals surface area contributed by atoms with Crippen LogP contribution in [0.2, 0.25) is 5.02 Å². The smallest absolute Gasteiger partial charge is 0.257 e. The molecule has 2 heterocycles. The quantitative estimate of drug-likeness (QED) is 0.439. The van der Waals surface area contributed by atoms with Gasteiger partial charge in [-0.2, -0.15) is 0 Å². The molecule has 0 saturated carbocycles. The lowest BCUT2D eigenvalue weighted by Crippen LogP contribution is -2.53. The van der Waals surface area contributed by atoms with Crippen molar-refractivity contribution < 1.29 is 23.9 Å². The van der Waals surface area contributed by atoms with Gasteiger partial charge in [-0.3, -0.25) is 14.4 Å². The molecular weight excluding hydrogens is 530 g/mol. The zero-order valence-corrected chi connectivity index (χ0v) is 23.0. The number of hydrogen-bond donors (Lipinski definition) is 2. The first-order chi connectivity index (χ1) is 19.4. The number of rotatable bonds is 7. The second-order valence-electron chi connectivity index (χ2n) is 10.2. The Bertz CT molecular complexity index is 1370. The van der Waals surface area contributed by atoms with E-state index in [2.05, 4.69) is 10.6 Å². The fourth-order valence-corrected chi connectivity index (χ4v) is 5.30. The van der Waals surface area contributed by atoms with Crippen molar-refractivity contribution in [2.75, 3.05) is 19.0 Å². The largest absolute Gasteiger partial charge is 0.490 e. The van der Waals surface area contributed by atoms with Gasteiger partial charge in [0.2, 0.25) is 11.8 Å². The molecule has 0 spiro atoms. The van der Waals surface area contributed by atoms with Crippen LogP contribution in [0.15, 0.2) is 72.8 Å². The second-order valence-corrected chi connectivity index (χ2v) is 10.6. The Morgan fingerprint density at radius 1 is 0.975 bits per heavy atom. The topological polar surface area (TPSA) is 97.0 Å². The highest BCUT2D eigenvalue weighted by atomic mass is 35.5. The molecule has 2 N–H and O–H groups in total. The van der Waals surface area contributed by atoms with E-state index in [1.165, 1.54) is 0 Å². The van der Waals surface area contributed by atoms with Crippen LogP contribution in [0.1, 0.15) is 40.7 Å². The minimum Gasteiger partial charge on any atom is -0.490 e. The van der Waals surface area contributed by atoms with Gasteiger partial charge in [-0.1, -0.05) is 54.1 Å². The van der Waals surface area contributed by atoms with Crippen LogP contribution < -0.4 is 15.4 Å². The number of halogens is 1. The first-order valence-electron chi connectivity index (χ1n) is 13.4. The van der Waals surface area contributed by atoms with Crippen molar-refractivity contribution in [3.63, 3.8) is 0 Å². The Balaban J connectivity index is 1.19. The van der Waals surface area contributed by atoms with Gasteiger partial charge in [0.25, 0.3) is 5.91 Å². The minimum atomic E-state index is -0.366. The van der Waals surface area contributed by atoms with Crippen molar-refractivity contribution in [2.45, 2.75) is 50.5 Å². The molecule has 0 unspecified atom stereocenters. The number of benzene rings is 3. The number of nitrogens with one attached hydrogen (secondary N) is 2. The van der Waals surface area contributed by atoms with Gasteiger partial charge in [0.15, 0.2) is 0 Å². The maximum Gasteiger partial charge on any atom is 0.257 e. The molecule has 1 saturated heterocycles. The molecule has 40 heavy (non-hydrogen) atoms. The minimum absolute atomic E-state index is 0.0956. The molecule has 5 rings (SSSR count). The van der Waals surface area contributed by atoms with Crippen LogP contribution in [0.5, 0.6) is 5.75 Å². The van der Waals surface area contributed by atoms with E-state index in [4.69, 9.17) is 21.1 Å². The summed E-state index contributed by atoms with van der Waals surface area (Å²) in [5.74, 6) is -0.0288. The third-order valence-electron chi connectivity index (χ3n) is 7.32. The average molecular weight is 562 g/mol. The van der Waals surface area contributed by atoms with Gasteiger partial charge in [0.05, 0.1) is 30.6 Å². The van der Waals surface area contributed by atoms with Gasteiger partial charge in [-0.05, 0) is 54.3 Å². The summed E-state index contributed by atoms with van der Waals surface area (Å²) in [6.07, 6.45) is 1.18. The van der Waals surface area contributed by atoms with E-state index in [9.17, 15) is 14.4 Å². The summed E-state index contributed by atoms with van der Waals surface area (Å²) in [7, 11) is 1.76. The molecule has 3 atom stereocenters. The molecule has 2 aliphatic heterocycles. The van der Waals surface area contributed by atoms with E-state index in [1.54, 1.807) is 42.3 Å². The SMILES string of the molecule is CN1C(=O)c2cc(NC(=O)Cc3ccccc3)ccc2OC[C@H]2O[C@H](CC(=O)NCc3ccc(Cl)cc3)CC[C@@H]21. The molecule has 0 bridgehead atoms. The molecule has 0 aliphatic carbocycles. The number of carbonyl (C=O) groups excluding carboxylic acids is 3. The van der Waals surface area contributed by atoms with E-state index < -0.39 is 0 Å². The highest BCUT2D eigenvalue weighted by molar-refractivity contribution is 6.30. The third-order valence-corrected chi connectivity index (χ3v) is 7.57. The van der Waals surface area contributed by atoms with Crippen molar-refractivity contribution in [1.29, 1.82) is 0 Å². The molecule has 0 aromatic heterocycles. The van der Waals surface area contributed by atoms with Crippen molar-refractivity contribution in [3.8, 4) is 5.75 Å². The van der Waals surface area contributed by atoms with Crippen LogP contribution in [0.4, 0.5) is 5.69 Å². The molecule has 3 amide bonds. The zero-order chi connectivity index (χ0) is 28.1. The number of anilines is 1. The predicted molar refractivity (Wildman–Crippen MR) is 152 cm³/mol. The van der Waals surface area contributed by atoms with E-state index in [0.717, 1.165) is 11.1 Å². The second kappa shape index (κ2) is 12.5. The van der Waals surface area contributed by atoms with Crippen LogP contribution in [0.25, 0.3) is 0 Å². The van der Waals surface area contributed by atoms with E-state index in [1.807, 2.05) is 42.5 Å². The highest BCUT2D eigenvalue weighted by Crippen LogP contribution is 2.32. The number of amides is 3. The van der Waals surface area contributed by atoms with Crippen LogP contribution in [-0.4, -0.2) is 54.5 Å². The third kappa shape index (κ3) is 6.81. The number of ether oxygens (including phenoxy) is 2. The first-order valence-corrected chi connectivity index (χ1v) is 13.8. The average Bonchev–Trinajstić information content (AvgIpc) is 2.95.